The fourth-order valence-electron chi connectivity index (χ4n) is 2.30. The molecule has 14 heavy (non-hydrogen) atoms. The van der Waals surface area contributed by atoms with Gasteiger partial charge in [0.25, 0.3) is 0 Å². The highest BCUT2D eigenvalue weighted by molar-refractivity contribution is 5.69. The molecule has 1 fully saturated rings. The van der Waals surface area contributed by atoms with E-state index in [4.69, 9.17) is 5.11 Å². The lowest BCUT2D eigenvalue weighted by Gasteiger charge is -2.34. The fourth-order valence-corrected chi connectivity index (χ4v) is 2.30. The van der Waals surface area contributed by atoms with E-state index < -0.39 is 5.97 Å². The highest BCUT2D eigenvalue weighted by Gasteiger charge is 2.28. The quantitative estimate of drug-likeness (QED) is 0.755. The molecule has 0 aromatic heterocycles. The Morgan fingerprint density at radius 1 is 1.43 bits per heavy atom. The molecule has 0 saturated heterocycles. The Labute approximate surface area is 86.7 Å². The van der Waals surface area contributed by atoms with E-state index in [1.807, 2.05) is 6.92 Å². The zero-order valence-corrected chi connectivity index (χ0v) is 9.55. The maximum Gasteiger partial charge on any atom is 0.306 e. The SMILES string of the molecule is CC(CC1CCC(C)(C)CC1)C(=O)O. The predicted molar refractivity (Wildman–Crippen MR) is 57.2 cm³/mol. The number of carbonyl (C=O) groups is 1. The highest BCUT2D eigenvalue weighted by atomic mass is 16.4. The fraction of sp³-hybridized carbons (Fsp3) is 0.917. The summed E-state index contributed by atoms with van der Waals surface area (Å²) in [4.78, 5) is 10.7. The lowest BCUT2D eigenvalue weighted by atomic mass is 9.71. The normalized spacial score (nSPS) is 24.5. The van der Waals surface area contributed by atoms with Crippen LogP contribution in [0, 0.1) is 17.3 Å². The van der Waals surface area contributed by atoms with Crippen LogP contribution in [0.4, 0.5) is 0 Å². The number of hydrogen-bond acceptors (Lipinski definition) is 1. The summed E-state index contributed by atoms with van der Waals surface area (Å²) in [6, 6.07) is 0. The minimum atomic E-state index is -0.644. The van der Waals surface area contributed by atoms with E-state index in [1.165, 1.54) is 25.7 Å². The Kier molecular flexibility index (Phi) is 3.57. The zero-order chi connectivity index (χ0) is 10.8. The third kappa shape index (κ3) is 3.32. The average Bonchev–Trinajstić information content (AvgIpc) is 2.08. The summed E-state index contributed by atoms with van der Waals surface area (Å²) in [5.74, 6) is -0.162. The van der Waals surface area contributed by atoms with Crippen molar-refractivity contribution in [1.82, 2.24) is 0 Å². The average molecular weight is 198 g/mol. The van der Waals surface area contributed by atoms with Gasteiger partial charge in [0, 0.05) is 0 Å². The molecule has 2 nitrogen and oxygen atoms in total. The predicted octanol–water partition coefficient (Wildman–Crippen LogP) is 3.31. The van der Waals surface area contributed by atoms with Crippen molar-refractivity contribution in [2.45, 2.75) is 52.9 Å². The monoisotopic (exact) mass is 198 g/mol. The van der Waals surface area contributed by atoms with Crippen LogP contribution in [0.15, 0.2) is 0 Å². The van der Waals surface area contributed by atoms with Gasteiger partial charge in [0.1, 0.15) is 0 Å². The van der Waals surface area contributed by atoms with Gasteiger partial charge in [0.05, 0.1) is 5.92 Å². The second kappa shape index (κ2) is 4.33. The van der Waals surface area contributed by atoms with Gasteiger partial charge in [-0.05, 0) is 43.4 Å². The summed E-state index contributed by atoms with van der Waals surface area (Å²) in [6.45, 7) is 6.44. The molecule has 0 aromatic carbocycles. The minimum Gasteiger partial charge on any atom is -0.481 e. The van der Waals surface area contributed by atoms with Crippen LogP contribution in [0.5, 0.6) is 0 Å². The van der Waals surface area contributed by atoms with Crippen molar-refractivity contribution in [2.24, 2.45) is 17.3 Å². The van der Waals surface area contributed by atoms with Crippen LogP contribution in [0.3, 0.4) is 0 Å². The Morgan fingerprint density at radius 2 is 1.93 bits per heavy atom. The molecule has 1 atom stereocenters. The molecule has 2 heteroatoms. The van der Waals surface area contributed by atoms with Gasteiger partial charge in [0.15, 0.2) is 0 Å². The molecule has 0 bridgehead atoms. The van der Waals surface area contributed by atoms with Gasteiger partial charge in [-0.2, -0.15) is 0 Å². The van der Waals surface area contributed by atoms with E-state index in [1.54, 1.807) is 0 Å². The molecule has 1 unspecified atom stereocenters. The van der Waals surface area contributed by atoms with E-state index in [9.17, 15) is 4.79 Å². The summed E-state index contributed by atoms with van der Waals surface area (Å²) in [5, 5.41) is 8.82. The first kappa shape index (κ1) is 11.5. The van der Waals surface area contributed by atoms with Crippen molar-refractivity contribution in [3.8, 4) is 0 Å². The smallest absolute Gasteiger partial charge is 0.306 e. The lowest BCUT2D eigenvalue weighted by Crippen LogP contribution is -2.24. The maximum absolute atomic E-state index is 10.7. The molecule has 82 valence electrons. The van der Waals surface area contributed by atoms with Gasteiger partial charge in [-0.1, -0.05) is 20.8 Å². The number of carboxylic acid groups (broad SMARTS) is 1. The minimum absolute atomic E-state index is 0.166. The van der Waals surface area contributed by atoms with Gasteiger partial charge in [0.2, 0.25) is 0 Å². The molecular formula is C12H22O2. The van der Waals surface area contributed by atoms with Gasteiger partial charge in [-0.25, -0.2) is 0 Å². The third-order valence-electron chi connectivity index (χ3n) is 3.57. The van der Waals surface area contributed by atoms with Gasteiger partial charge in [-0.3, -0.25) is 4.79 Å². The molecule has 0 amide bonds. The van der Waals surface area contributed by atoms with Crippen LogP contribution in [0.1, 0.15) is 52.9 Å². The van der Waals surface area contributed by atoms with Gasteiger partial charge < -0.3 is 5.11 Å². The largest absolute Gasteiger partial charge is 0.481 e. The van der Waals surface area contributed by atoms with E-state index in [0.717, 1.165) is 6.42 Å². The standard InChI is InChI=1S/C12H22O2/c1-9(11(13)14)8-10-4-6-12(2,3)7-5-10/h9-10H,4-8H2,1-3H3,(H,13,14). The molecule has 1 aliphatic rings. The van der Waals surface area contributed by atoms with E-state index >= 15 is 0 Å². The number of rotatable bonds is 3. The van der Waals surface area contributed by atoms with E-state index in [0.29, 0.717) is 11.3 Å². The van der Waals surface area contributed by atoms with Crippen molar-refractivity contribution < 1.29 is 9.90 Å². The first-order valence-corrected chi connectivity index (χ1v) is 5.63. The Balaban J connectivity index is 2.32. The molecule has 1 saturated carbocycles. The number of aliphatic carboxylic acids is 1. The van der Waals surface area contributed by atoms with Crippen LogP contribution in [0.2, 0.25) is 0 Å². The first-order chi connectivity index (χ1) is 6.41. The zero-order valence-electron chi connectivity index (χ0n) is 9.55. The summed E-state index contributed by atoms with van der Waals surface area (Å²) in [7, 11) is 0. The molecule has 0 aromatic rings. The van der Waals surface area contributed by atoms with Gasteiger partial charge in [-0.15, -0.1) is 0 Å². The molecule has 1 rings (SSSR count). The topological polar surface area (TPSA) is 37.3 Å². The molecule has 1 N–H and O–H groups in total. The molecule has 0 heterocycles. The summed E-state index contributed by atoms with van der Waals surface area (Å²) >= 11 is 0. The second-order valence-electron chi connectivity index (χ2n) is 5.58. The van der Waals surface area contributed by atoms with Crippen molar-refractivity contribution in [2.75, 3.05) is 0 Å². The van der Waals surface area contributed by atoms with Crippen LogP contribution in [0.25, 0.3) is 0 Å². The summed E-state index contributed by atoms with van der Waals surface area (Å²) in [5.41, 5.74) is 0.489. The molecule has 0 radical (unpaired) electrons. The van der Waals surface area contributed by atoms with Crippen LogP contribution in [-0.4, -0.2) is 11.1 Å². The number of hydrogen-bond donors (Lipinski definition) is 1. The highest BCUT2D eigenvalue weighted by Crippen LogP contribution is 2.40. The van der Waals surface area contributed by atoms with Crippen LogP contribution >= 0.6 is 0 Å². The Bertz CT molecular complexity index is 198. The summed E-state index contributed by atoms with van der Waals surface area (Å²) in [6.07, 6.45) is 5.80. The van der Waals surface area contributed by atoms with Gasteiger partial charge >= 0.3 is 5.97 Å². The van der Waals surface area contributed by atoms with Crippen molar-refractivity contribution in [3.63, 3.8) is 0 Å². The molecule has 1 aliphatic carbocycles. The second-order valence-corrected chi connectivity index (χ2v) is 5.58. The number of carboxylic acids is 1. The van der Waals surface area contributed by atoms with E-state index in [2.05, 4.69) is 13.8 Å². The van der Waals surface area contributed by atoms with E-state index in [-0.39, 0.29) is 5.92 Å². The van der Waals surface area contributed by atoms with Crippen molar-refractivity contribution in [1.29, 1.82) is 0 Å². The third-order valence-corrected chi connectivity index (χ3v) is 3.57. The maximum atomic E-state index is 10.7. The van der Waals surface area contributed by atoms with Crippen LogP contribution < -0.4 is 0 Å². The Hall–Kier alpha value is -0.530. The summed E-state index contributed by atoms with van der Waals surface area (Å²) < 4.78 is 0. The first-order valence-electron chi connectivity index (χ1n) is 5.63. The van der Waals surface area contributed by atoms with Crippen molar-refractivity contribution in [3.05, 3.63) is 0 Å². The molecule has 0 spiro atoms. The molecule has 0 aliphatic heterocycles. The van der Waals surface area contributed by atoms with Crippen molar-refractivity contribution >= 4 is 5.97 Å². The molecular weight excluding hydrogens is 176 g/mol. The van der Waals surface area contributed by atoms with Crippen LogP contribution in [-0.2, 0) is 4.79 Å². The lowest BCUT2D eigenvalue weighted by molar-refractivity contribution is -0.141. The Morgan fingerprint density at radius 3 is 2.36 bits per heavy atom.